The summed E-state index contributed by atoms with van der Waals surface area (Å²) in [5.74, 6) is -2.02. The molecule has 1 rings (SSSR count). The van der Waals surface area contributed by atoms with E-state index in [4.69, 9.17) is 5.73 Å². The molecule has 0 aliphatic rings. The highest BCUT2D eigenvalue weighted by Crippen LogP contribution is 2.28. The van der Waals surface area contributed by atoms with E-state index in [2.05, 4.69) is 0 Å². The molecule has 0 atom stereocenters. The largest absolute Gasteiger partial charge is 0.330 e. The molecule has 0 radical (unpaired) electrons. The quantitative estimate of drug-likeness (QED) is 0.802. The van der Waals surface area contributed by atoms with Crippen LogP contribution < -0.4 is 5.73 Å². The SMILES string of the molecule is Cc1ccc(F)c(C(=O)CCC(C)(C)CCN)c1F. The van der Waals surface area contributed by atoms with Gasteiger partial charge in [0.15, 0.2) is 5.78 Å². The van der Waals surface area contributed by atoms with E-state index in [9.17, 15) is 13.6 Å². The summed E-state index contributed by atoms with van der Waals surface area (Å²) in [6.07, 6.45) is 1.47. The van der Waals surface area contributed by atoms with Crippen LogP contribution in [0.2, 0.25) is 0 Å². The van der Waals surface area contributed by atoms with E-state index in [0.29, 0.717) is 13.0 Å². The molecule has 1 aromatic carbocycles. The molecule has 0 saturated heterocycles. The van der Waals surface area contributed by atoms with Crippen molar-refractivity contribution in [3.05, 3.63) is 34.9 Å². The third kappa shape index (κ3) is 4.10. The van der Waals surface area contributed by atoms with Crippen molar-refractivity contribution in [2.24, 2.45) is 11.1 Å². The van der Waals surface area contributed by atoms with Gasteiger partial charge in [0.25, 0.3) is 0 Å². The first-order valence-corrected chi connectivity index (χ1v) is 6.46. The third-order valence-electron chi connectivity index (χ3n) is 3.41. The standard InChI is InChI=1S/C15H21F2NO/c1-10-4-5-11(16)13(14(10)17)12(19)6-7-15(2,3)8-9-18/h4-5H,6-9,18H2,1-3H3. The maximum atomic E-state index is 13.8. The Labute approximate surface area is 113 Å². The molecule has 4 heteroatoms. The highest BCUT2D eigenvalue weighted by molar-refractivity contribution is 5.96. The second-order valence-electron chi connectivity index (χ2n) is 5.68. The summed E-state index contributed by atoms with van der Waals surface area (Å²) in [5.41, 5.74) is 5.27. The van der Waals surface area contributed by atoms with Crippen molar-refractivity contribution < 1.29 is 13.6 Å². The van der Waals surface area contributed by atoms with Gasteiger partial charge in [0.05, 0.1) is 5.56 Å². The number of Topliss-reactive ketones (excluding diaryl/α,β-unsaturated/α-hetero) is 1. The Kier molecular flexibility index (Phi) is 5.18. The minimum absolute atomic E-state index is 0.0960. The minimum Gasteiger partial charge on any atom is -0.330 e. The summed E-state index contributed by atoms with van der Waals surface area (Å²) >= 11 is 0. The molecule has 0 heterocycles. The van der Waals surface area contributed by atoms with Crippen LogP contribution in [0.4, 0.5) is 8.78 Å². The van der Waals surface area contributed by atoms with Gasteiger partial charge in [-0.25, -0.2) is 8.78 Å². The van der Waals surface area contributed by atoms with E-state index in [0.717, 1.165) is 12.5 Å². The molecule has 0 bridgehead atoms. The van der Waals surface area contributed by atoms with Crippen LogP contribution in [0, 0.1) is 24.0 Å². The summed E-state index contributed by atoms with van der Waals surface area (Å²) in [4.78, 5) is 12.0. The van der Waals surface area contributed by atoms with Crippen molar-refractivity contribution in [2.45, 2.75) is 40.0 Å². The van der Waals surface area contributed by atoms with Crippen LogP contribution in [0.25, 0.3) is 0 Å². The number of rotatable bonds is 6. The lowest BCUT2D eigenvalue weighted by atomic mass is 9.83. The smallest absolute Gasteiger partial charge is 0.168 e. The molecule has 0 unspecified atom stereocenters. The van der Waals surface area contributed by atoms with Crippen LogP contribution in [0.1, 0.15) is 49.0 Å². The van der Waals surface area contributed by atoms with Crippen molar-refractivity contribution >= 4 is 5.78 Å². The Morgan fingerprint density at radius 3 is 2.47 bits per heavy atom. The zero-order valence-electron chi connectivity index (χ0n) is 11.7. The van der Waals surface area contributed by atoms with Gasteiger partial charge in [0.1, 0.15) is 11.6 Å². The average Bonchev–Trinajstić information content (AvgIpc) is 2.32. The highest BCUT2D eigenvalue weighted by Gasteiger charge is 2.23. The molecule has 0 saturated carbocycles. The summed E-state index contributed by atoms with van der Waals surface area (Å²) in [6, 6.07) is 2.47. The first-order valence-electron chi connectivity index (χ1n) is 6.46. The topological polar surface area (TPSA) is 43.1 Å². The molecule has 2 nitrogen and oxygen atoms in total. The molecule has 0 aromatic heterocycles. The normalized spacial score (nSPS) is 11.7. The lowest BCUT2D eigenvalue weighted by molar-refractivity contribution is 0.0953. The van der Waals surface area contributed by atoms with Crippen LogP contribution in [0.15, 0.2) is 12.1 Å². The number of hydrogen-bond acceptors (Lipinski definition) is 2. The van der Waals surface area contributed by atoms with Crippen LogP contribution in [0.3, 0.4) is 0 Å². The lowest BCUT2D eigenvalue weighted by Gasteiger charge is -2.23. The number of benzene rings is 1. The fraction of sp³-hybridized carbons (Fsp3) is 0.533. The number of halogens is 2. The van der Waals surface area contributed by atoms with Crippen molar-refractivity contribution in [3.63, 3.8) is 0 Å². The summed E-state index contributed by atoms with van der Waals surface area (Å²) in [5, 5.41) is 0. The molecule has 0 amide bonds. The first-order chi connectivity index (χ1) is 8.78. The van der Waals surface area contributed by atoms with Gasteiger partial charge in [-0.15, -0.1) is 0 Å². The van der Waals surface area contributed by atoms with Gasteiger partial charge in [-0.3, -0.25) is 4.79 Å². The summed E-state index contributed by atoms with van der Waals surface area (Å²) in [6.45, 7) is 6.05. The Hall–Kier alpha value is -1.29. The highest BCUT2D eigenvalue weighted by atomic mass is 19.1. The zero-order chi connectivity index (χ0) is 14.6. The molecule has 19 heavy (non-hydrogen) atoms. The van der Waals surface area contributed by atoms with Gasteiger partial charge < -0.3 is 5.73 Å². The van der Waals surface area contributed by atoms with Gasteiger partial charge in [-0.1, -0.05) is 19.9 Å². The Balaban J connectivity index is 2.83. The van der Waals surface area contributed by atoms with Gasteiger partial charge >= 0.3 is 0 Å². The van der Waals surface area contributed by atoms with E-state index < -0.39 is 23.0 Å². The molecule has 106 valence electrons. The fourth-order valence-corrected chi connectivity index (χ4v) is 2.00. The number of hydrogen-bond donors (Lipinski definition) is 1. The predicted octanol–water partition coefficient (Wildman–Crippen LogP) is 3.61. The maximum Gasteiger partial charge on any atom is 0.168 e. The molecule has 0 fully saturated rings. The van der Waals surface area contributed by atoms with Crippen LogP contribution in [-0.2, 0) is 0 Å². The molecule has 0 aliphatic carbocycles. The second kappa shape index (κ2) is 6.24. The maximum absolute atomic E-state index is 13.8. The monoisotopic (exact) mass is 269 g/mol. The van der Waals surface area contributed by atoms with Crippen molar-refractivity contribution in [1.82, 2.24) is 0 Å². The first kappa shape index (κ1) is 15.8. The summed E-state index contributed by atoms with van der Waals surface area (Å²) in [7, 11) is 0. The van der Waals surface area contributed by atoms with Gasteiger partial charge in [-0.2, -0.15) is 0 Å². The summed E-state index contributed by atoms with van der Waals surface area (Å²) < 4.78 is 27.4. The van der Waals surface area contributed by atoms with Crippen LogP contribution >= 0.6 is 0 Å². The number of aryl methyl sites for hydroxylation is 1. The molecule has 2 N–H and O–H groups in total. The fourth-order valence-electron chi connectivity index (χ4n) is 2.00. The molecule has 1 aromatic rings. The van der Waals surface area contributed by atoms with E-state index in [1.54, 1.807) is 0 Å². The molecular formula is C15H21F2NO. The van der Waals surface area contributed by atoms with Crippen LogP contribution in [0.5, 0.6) is 0 Å². The van der Waals surface area contributed by atoms with Gasteiger partial charge in [0, 0.05) is 6.42 Å². The van der Waals surface area contributed by atoms with Crippen LogP contribution in [-0.4, -0.2) is 12.3 Å². The molecule has 0 aliphatic heterocycles. The van der Waals surface area contributed by atoms with E-state index in [-0.39, 0.29) is 17.4 Å². The Morgan fingerprint density at radius 2 is 1.89 bits per heavy atom. The number of carbonyl (C=O) groups excluding carboxylic acids is 1. The number of nitrogens with two attached hydrogens (primary N) is 1. The Morgan fingerprint density at radius 1 is 1.26 bits per heavy atom. The van der Waals surface area contributed by atoms with Crippen molar-refractivity contribution in [3.8, 4) is 0 Å². The molecule has 0 spiro atoms. The van der Waals surface area contributed by atoms with Crippen molar-refractivity contribution in [2.75, 3.05) is 6.54 Å². The zero-order valence-corrected chi connectivity index (χ0v) is 11.7. The predicted molar refractivity (Wildman–Crippen MR) is 72.1 cm³/mol. The lowest BCUT2D eigenvalue weighted by Crippen LogP contribution is -2.19. The van der Waals surface area contributed by atoms with Crippen molar-refractivity contribution in [1.29, 1.82) is 0 Å². The number of ketones is 1. The third-order valence-corrected chi connectivity index (χ3v) is 3.41. The number of carbonyl (C=O) groups is 1. The molecular weight excluding hydrogens is 248 g/mol. The van der Waals surface area contributed by atoms with E-state index >= 15 is 0 Å². The van der Waals surface area contributed by atoms with Gasteiger partial charge in [-0.05, 0) is 43.4 Å². The Bertz CT molecular complexity index is 469. The van der Waals surface area contributed by atoms with E-state index in [1.807, 2.05) is 13.8 Å². The average molecular weight is 269 g/mol. The minimum atomic E-state index is -0.787. The van der Waals surface area contributed by atoms with E-state index in [1.165, 1.54) is 13.0 Å². The second-order valence-corrected chi connectivity index (χ2v) is 5.68. The van der Waals surface area contributed by atoms with Gasteiger partial charge in [0.2, 0.25) is 0 Å².